The molecule has 1 aromatic rings. The number of nitro benzene ring substituents is 1. The first-order valence-electron chi connectivity index (χ1n) is 7.26. The molecule has 2 unspecified atom stereocenters. The molecule has 0 saturated heterocycles. The highest BCUT2D eigenvalue weighted by Gasteiger charge is 2.26. The maximum Gasteiger partial charge on any atom is 0.305 e. The minimum absolute atomic E-state index is 0.109. The predicted octanol–water partition coefficient (Wildman–Crippen LogP) is 2.80. The third kappa shape index (κ3) is 3.51. The summed E-state index contributed by atoms with van der Waals surface area (Å²) in [5.74, 6) is 0.808. The Morgan fingerprint density at radius 2 is 2.19 bits per heavy atom. The zero-order valence-electron chi connectivity index (χ0n) is 12.4. The average Bonchev–Trinajstić information content (AvgIpc) is 2.89. The molecule has 0 spiro atoms. The van der Waals surface area contributed by atoms with Crippen LogP contribution in [0.15, 0.2) is 18.2 Å². The van der Waals surface area contributed by atoms with Crippen molar-refractivity contribution in [2.75, 3.05) is 18.9 Å². The van der Waals surface area contributed by atoms with Crippen LogP contribution in [0, 0.1) is 22.0 Å². The van der Waals surface area contributed by atoms with Crippen molar-refractivity contribution < 1.29 is 9.72 Å². The van der Waals surface area contributed by atoms with E-state index < -0.39 is 4.92 Å². The molecule has 0 bridgehead atoms. The quantitative estimate of drug-likeness (QED) is 0.645. The second-order valence-corrected chi connectivity index (χ2v) is 5.70. The molecule has 2 N–H and O–H groups in total. The Labute approximate surface area is 124 Å². The van der Waals surface area contributed by atoms with Gasteiger partial charge in [0.05, 0.1) is 4.92 Å². The number of hydrogen-bond acceptors (Lipinski definition) is 4. The minimum atomic E-state index is -0.515. The van der Waals surface area contributed by atoms with Gasteiger partial charge < -0.3 is 10.6 Å². The lowest BCUT2D eigenvalue weighted by atomic mass is 10.1. The molecule has 6 heteroatoms. The van der Waals surface area contributed by atoms with E-state index in [9.17, 15) is 14.9 Å². The number of anilines is 1. The molecule has 0 aliphatic heterocycles. The molecule has 1 aliphatic rings. The highest BCUT2D eigenvalue weighted by molar-refractivity contribution is 6.00. The standard InChI is InChI=1S/C15H21N3O3/c1-10-6-7-11(8-10)9-17-15(19)12-4-3-5-13(16-2)14(12)18(20)21/h3-5,10-11,16H,6-9H2,1-2H3,(H,17,19). The number of carbonyl (C=O) groups excluding carboxylic acids is 1. The molecule has 2 atom stereocenters. The molecule has 21 heavy (non-hydrogen) atoms. The van der Waals surface area contributed by atoms with E-state index in [1.807, 2.05) is 0 Å². The monoisotopic (exact) mass is 291 g/mol. The number of nitrogens with zero attached hydrogens (tertiary/aromatic N) is 1. The summed E-state index contributed by atoms with van der Waals surface area (Å²) >= 11 is 0. The van der Waals surface area contributed by atoms with Crippen LogP contribution < -0.4 is 10.6 Å². The lowest BCUT2D eigenvalue weighted by Gasteiger charge is -2.12. The fourth-order valence-electron chi connectivity index (χ4n) is 2.97. The first-order valence-corrected chi connectivity index (χ1v) is 7.26. The van der Waals surface area contributed by atoms with Crippen molar-refractivity contribution >= 4 is 17.3 Å². The molecule has 1 amide bonds. The molecule has 0 radical (unpaired) electrons. The Morgan fingerprint density at radius 3 is 2.76 bits per heavy atom. The molecular formula is C15H21N3O3. The summed E-state index contributed by atoms with van der Waals surface area (Å²) in [5.41, 5.74) is 0.289. The first-order chi connectivity index (χ1) is 10.0. The lowest BCUT2D eigenvalue weighted by molar-refractivity contribution is -0.384. The largest absolute Gasteiger partial charge is 0.383 e. The van der Waals surface area contributed by atoms with Crippen LogP contribution in [0.25, 0.3) is 0 Å². The first kappa shape index (κ1) is 15.3. The number of hydrogen-bond donors (Lipinski definition) is 2. The molecule has 6 nitrogen and oxygen atoms in total. The molecule has 0 heterocycles. The third-order valence-corrected chi connectivity index (χ3v) is 4.09. The molecule has 1 aromatic carbocycles. The number of nitrogens with one attached hydrogen (secondary N) is 2. The fraction of sp³-hybridized carbons (Fsp3) is 0.533. The van der Waals surface area contributed by atoms with Crippen molar-refractivity contribution in [2.24, 2.45) is 11.8 Å². The van der Waals surface area contributed by atoms with Gasteiger partial charge in [0.1, 0.15) is 11.3 Å². The van der Waals surface area contributed by atoms with Crippen molar-refractivity contribution in [3.05, 3.63) is 33.9 Å². The summed E-state index contributed by atoms with van der Waals surface area (Å²) in [6.45, 7) is 2.80. The summed E-state index contributed by atoms with van der Waals surface area (Å²) < 4.78 is 0. The fourth-order valence-corrected chi connectivity index (χ4v) is 2.97. The molecule has 1 aliphatic carbocycles. The average molecular weight is 291 g/mol. The predicted molar refractivity (Wildman–Crippen MR) is 81.5 cm³/mol. The minimum Gasteiger partial charge on any atom is -0.383 e. The van der Waals surface area contributed by atoms with Gasteiger partial charge in [-0.25, -0.2) is 0 Å². The van der Waals surface area contributed by atoms with E-state index in [1.165, 1.54) is 12.5 Å². The zero-order chi connectivity index (χ0) is 15.4. The van der Waals surface area contributed by atoms with E-state index in [0.29, 0.717) is 24.1 Å². The van der Waals surface area contributed by atoms with E-state index in [-0.39, 0.29) is 17.2 Å². The van der Waals surface area contributed by atoms with Crippen LogP contribution in [0.4, 0.5) is 11.4 Å². The topological polar surface area (TPSA) is 84.3 Å². The number of nitro groups is 1. The molecule has 114 valence electrons. The normalized spacial score (nSPS) is 21.0. The van der Waals surface area contributed by atoms with Crippen LogP contribution >= 0.6 is 0 Å². The Morgan fingerprint density at radius 1 is 1.43 bits per heavy atom. The second-order valence-electron chi connectivity index (χ2n) is 5.70. The smallest absolute Gasteiger partial charge is 0.305 e. The highest BCUT2D eigenvalue weighted by atomic mass is 16.6. The molecule has 1 fully saturated rings. The van der Waals surface area contributed by atoms with Gasteiger partial charge in [-0.1, -0.05) is 19.4 Å². The van der Waals surface area contributed by atoms with E-state index in [0.717, 1.165) is 12.8 Å². The van der Waals surface area contributed by atoms with Crippen LogP contribution in [-0.4, -0.2) is 24.4 Å². The number of amides is 1. The number of carbonyl (C=O) groups is 1. The van der Waals surface area contributed by atoms with E-state index >= 15 is 0 Å². The SMILES string of the molecule is CNc1cccc(C(=O)NCC2CCC(C)C2)c1[N+](=O)[O-]. The summed E-state index contributed by atoms with van der Waals surface area (Å²) in [6, 6.07) is 4.73. The van der Waals surface area contributed by atoms with Crippen LogP contribution in [-0.2, 0) is 0 Å². The summed E-state index contributed by atoms with van der Waals surface area (Å²) in [4.78, 5) is 22.9. The summed E-state index contributed by atoms with van der Waals surface area (Å²) in [5, 5.41) is 16.8. The molecule has 1 saturated carbocycles. The third-order valence-electron chi connectivity index (χ3n) is 4.09. The summed E-state index contributed by atoms with van der Waals surface area (Å²) in [7, 11) is 1.60. The van der Waals surface area contributed by atoms with Crippen molar-refractivity contribution in [3.63, 3.8) is 0 Å². The molecular weight excluding hydrogens is 270 g/mol. The van der Waals surface area contributed by atoms with Gasteiger partial charge in [-0.15, -0.1) is 0 Å². The van der Waals surface area contributed by atoms with Crippen LogP contribution in [0.5, 0.6) is 0 Å². The zero-order valence-corrected chi connectivity index (χ0v) is 12.4. The maximum atomic E-state index is 12.2. The van der Waals surface area contributed by atoms with Crippen molar-refractivity contribution in [1.29, 1.82) is 0 Å². The van der Waals surface area contributed by atoms with E-state index in [2.05, 4.69) is 17.6 Å². The summed E-state index contributed by atoms with van der Waals surface area (Å²) in [6.07, 6.45) is 3.41. The molecule has 0 aromatic heterocycles. The lowest BCUT2D eigenvalue weighted by Crippen LogP contribution is -2.29. The number of rotatable bonds is 5. The van der Waals surface area contributed by atoms with Gasteiger partial charge in [0.2, 0.25) is 0 Å². The number of benzene rings is 1. The number of para-hydroxylation sites is 1. The van der Waals surface area contributed by atoms with Gasteiger partial charge in [0.15, 0.2) is 0 Å². The van der Waals surface area contributed by atoms with Gasteiger partial charge in [0.25, 0.3) is 5.91 Å². The Bertz CT molecular complexity index is 545. The van der Waals surface area contributed by atoms with Gasteiger partial charge in [-0.3, -0.25) is 14.9 Å². The second kappa shape index (κ2) is 6.56. The Kier molecular flexibility index (Phi) is 4.77. The highest BCUT2D eigenvalue weighted by Crippen LogP contribution is 2.30. The van der Waals surface area contributed by atoms with Crippen molar-refractivity contribution in [3.8, 4) is 0 Å². The van der Waals surface area contributed by atoms with Crippen molar-refractivity contribution in [1.82, 2.24) is 5.32 Å². The van der Waals surface area contributed by atoms with Gasteiger partial charge in [-0.05, 0) is 36.8 Å². The Balaban J connectivity index is 2.10. The van der Waals surface area contributed by atoms with E-state index in [1.54, 1.807) is 19.2 Å². The van der Waals surface area contributed by atoms with Crippen LogP contribution in [0.1, 0.15) is 36.5 Å². The van der Waals surface area contributed by atoms with E-state index in [4.69, 9.17) is 0 Å². The van der Waals surface area contributed by atoms with Gasteiger partial charge >= 0.3 is 5.69 Å². The van der Waals surface area contributed by atoms with Gasteiger partial charge in [-0.2, -0.15) is 0 Å². The van der Waals surface area contributed by atoms with Crippen LogP contribution in [0.3, 0.4) is 0 Å². The van der Waals surface area contributed by atoms with Crippen molar-refractivity contribution in [2.45, 2.75) is 26.2 Å². The van der Waals surface area contributed by atoms with Gasteiger partial charge in [0, 0.05) is 13.6 Å². The maximum absolute atomic E-state index is 12.2. The Hall–Kier alpha value is -2.11. The van der Waals surface area contributed by atoms with Crippen LogP contribution in [0.2, 0.25) is 0 Å². The molecule has 2 rings (SSSR count).